The van der Waals surface area contributed by atoms with E-state index in [1.165, 1.54) is 6.07 Å². The summed E-state index contributed by atoms with van der Waals surface area (Å²) >= 11 is 11.7. The topological polar surface area (TPSA) is 46.4 Å². The van der Waals surface area contributed by atoms with Crippen molar-refractivity contribution >= 4 is 35.3 Å². The molecule has 104 valence electrons. The summed E-state index contributed by atoms with van der Waals surface area (Å²) in [4.78, 5) is 11.9. The van der Waals surface area contributed by atoms with Gasteiger partial charge in [0, 0.05) is 18.3 Å². The first-order valence-electron chi connectivity index (χ1n) is 5.90. The summed E-state index contributed by atoms with van der Waals surface area (Å²) in [6.45, 7) is 1.99. The van der Waals surface area contributed by atoms with E-state index in [1.807, 2.05) is 30.7 Å². The fourth-order valence-corrected chi connectivity index (χ4v) is 1.92. The highest BCUT2D eigenvalue weighted by molar-refractivity contribution is 6.42. The molecule has 0 aliphatic carbocycles. The number of hydrogen-bond acceptors (Lipinski definition) is 2. The quantitative estimate of drug-likeness (QED) is 0.685. The number of benzene rings is 1. The molecule has 1 heterocycles. The SMILES string of the molecule is Cc1ccc(/C=N/NC(=O)c2ccc(Cl)c(Cl)c2)n1C. The van der Waals surface area contributed by atoms with Crippen molar-refractivity contribution in [2.75, 3.05) is 0 Å². The van der Waals surface area contributed by atoms with Gasteiger partial charge in [-0.15, -0.1) is 0 Å². The molecule has 1 amide bonds. The van der Waals surface area contributed by atoms with Crippen LogP contribution in [0.15, 0.2) is 35.4 Å². The fourth-order valence-electron chi connectivity index (χ4n) is 1.62. The van der Waals surface area contributed by atoms with E-state index in [9.17, 15) is 4.79 Å². The maximum Gasteiger partial charge on any atom is 0.271 e. The molecule has 4 nitrogen and oxygen atoms in total. The van der Waals surface area contributed by atoms with Gasteiger partial charge in [-0.1, -0.05) is 23.2 Å². The number of aryl methyl sites for hydroxylation is 1. The second-order valence-electron chi connectivity index (χ2n) is 4.29. The van der Waals surface area contributed by atoms with Crippen molar-refractivity contribution in [3.63, 3.8) is 0 Å². The average molecular weight is 310 g/mol. The van der Waals surface area contributed by atoms with Crippen LogP contribution in [0.3, 0.4) is 0 Å². The number of nitrogens with one attached hydrogen (secondary N) is 1. The highest BCUT2D eigenvalue weighted by Gasteiger charge is 2.07. The van der Waals surface area contributed by atoms with Gasteiger partial charge in [0.2, 0.25) is 0 Å². The number of carbonyl (C=O) groups is 1. The molecule has 1 aromatic heterocycles. The number of aromatic nitrogens is 1. The Morgan fingerprint density at radius 1 is 1.25 bits per heavy atom. The zero-order valence-electron chi connectivity index (χ0n) is 11.0. The van der Waals surface area contributed by atoms with Crippen LogP contribution in [0.2, 0.25) is 10.0 Å². The lowest BCUT2D eigenvalue weighted by atomic mass is 10.2. The van der Waals surface area contributed by atoms with Crippen molar-refractivity contribution in [1.82, 2.24) is 9.99 Å². The van der Waals surface area contributed by atoms with Crippen LogP contribution in [0.25, 0.3) is 0 Å². The van der Waals surface area contributed by atoms with Crippen LogP contribution in [0.5, 0.6) is 0 Å². The van der Waals surface area contributed by atoms with Crippen molar-refractivity contribution in [2.45, 2.75) is 6.92 Å². The minimum absolute atomic E-state index is 0.335. The molecule has 6 heteroatoms. The first kappa shape index (κ1) is 14.6. The van der Waals surface area contributed by atoms with Crippen molar-refractivity contribution in [3.8, 4) is 0 Å². The lowest BCUT2D eigenvalue weighted by Gasteiger charge is -2.02. The summed E-state index contributed by atoms with van der Waals surface area (Å²) in [5.74, 6) is -0.342. The lowest BCUT2D eigenvalue weighted by molar-refractivity contribution is 0.0955. The van der Waals surface area contributed by atoms with Gasteiger partial charge in [-0.3, -0.25) is 4.79 Å². The third-order valence-electron chi connectivity index (χ3n) is 2.96. The first-order valence-corrected chi connectivity index (χ1v) is 6.65. The van der Waals surface area contributed by atoms with Gasteiger partial charge in [-0.2, -0.15) is 5.10 Å². The van der Waals surface area contributed by atoms with E-state index < -0.39 is 0 Å². The standard InChI is InChI=1S/C14H13Cl2N3O/c1-9-3-5-11(19(9)2)8-17-18-14(20)10-4-6-12(15)13(16)7-10/h3-8H,1-2H3,(H,18,20)/b17-8+. The van der Waals surface area contributed by atoms with Crippen molar-refractivity contribution in [2.24, 2.45) is 12.1 Å². The van der Waals surface area contributed by atoms with Crippen molar-refractivity contribution < 1.29 is 4.79 Å². The predicted octanol–water partition coefficient (Wildman–Crippen LogP) is 3.40. The number of carbonyl (C=O) groups excluding carboxylic acids is 1. The van der Waals surface area contributed by atoms with E-state index in [-0.39, 0.29) is 5.91 Å². The van der Waals surface area contributed by atoms with Gasteiger partial charge in [0.05, 0.1) is 22.0 Å². The molecule has 0 unspecified atom stereocenters. The van der Waals surface area contributed by atoms with Crippen LogP contribution in [0.4, 0.5) is 0 Å². The van der Waals surface area contributed by atoms with E-state index in [4.69, 9.17) is 23.2 Å². The van der Waals surface area contributed by atoms with Crippen LogP contribution in [0, 0.1) is 6.92 Å². The summed E-state index contributed by atoms with van der Waals surface area (Å²) < 4.78 is 1.97. The van der Waals surface area contributed by atoms with Crippen molar-refractivity contribution in [1.29, 1.82) is 0 Å². The van der Waals surface area contributed by atoms with E-state index in [2.05, 4.69) is 10.5 Å². The molecule has 0 aliphatic rings. The van der Waals surface area contributed by atoms with Crippen LogP contribution in [0.1, 0.15) is 21.7 Å². The third-order valence-corrected chi connectivity index (χ3v) is 3.70. The predicted molar refractivity (Wildman–Crippen MR) is 81.7 cm³/mol. The fraction of sp³-hybridized carbons (Fsp3) is 0.143. The highest BCUT2D eigenvalue weighted by Crippen LogP contribution is 2.22. The highest BCUT2D eigenvalue weighted by atomic mass is 35.5. The molecule has 0 fully saturated rings. The molecule has 1 aromatic carbocycles. The number of hydrazone groups is 1. The van der Waals surface area contributed by atoms with Crippen LogP contribution in [-0.2, 0) is 7.05 Å². The summed E-state index contributed by atoms with van der Waals surface area (Å²) in [5, 5.41) is 4.67. The third kappa shape index (κ3) is 3.21. The van der Waals surface area contributed by atoms with E-state index >= 15 is 0 Å². The molecule has 20 heavy (non-hydrogen) atoms. The van der Waals surface area contributed by atoms with Gasteiger partial charge < -0.3 is 4.57 Å². The van der Waals surface area contributed by atoms with Crippen LogP contribution < -0.4 is 5.43 Å². The second kappa shape index (κ2) is 6.11. The molecular weight excluding hydrogens is 297 g/mol. The molecule has 2 rings (SSSR count). The Hall–Kier alpha value is -1.78. The van der Waals surface area contributed by atoms with E-state index in [0.29, 0.717) is 15.6 Å². The molecule has 0 radical (unpaired) electrons. The summed E-state index contributed by atoms with van der Waals surface area (Å²) in [5.41, 5.74) is 4.86. The Morgan fingerprint density at radius 2 is 2.00 bits per heavy atom. The molecule has 0 aliphatic heterocycles. The minimum Gasteiger partial charge on any atom is -0.347 e. The molecule has 0 bridgehead atoms. The number of nitrogens with zero attached hydrogens (tertiary/aromatic N) is 2. The van der Waals surface area contributed by atoms with Gasteiger partial charge in [-0.25, -0.2) is 5.43 Å². The Kier molecular flexibility index (Phi) is 4.47. The van der Waals surface area contributed by atoms with Gasteiger partial charge >= 0.3 is 0 Å². The normalized spacial score (nSPS) is 11.0. The average Bonchev–Trinajstić information content (AvgIpc) is 2.73. The van der Waals surface area contributed by atoms with Gasteiger partial charge in [0.15, 0.2) is 0 Å². The van der Waals surface area contributed by atoms with E-state index in [1.54, 1.807) is 18.3 Å². The molecule has 0 atom stereocenters. The summed E-state index contributed by atoms with van der Waals surface area (Å²) in [6.07, 6.45) is 1.59. The molecule has 0 spiro atoms. The Morgan fingerprint density at radius 3 is 2.60 bits per heavy atom. The second-order valence-corrected chi connectivity index (χ2v) is 5.10. The number of rotatable bonds is 3. The molecule has 0 saturated heterocycles. The summed E-state index contributed by atoms with van der Waals surface area (Å²) in [7, 11) is 1.93. The lowest BCUT2D eigenvalue weighted by Crippen LogP contribution is -2.17. The van der Waals surface area contributed by atoms with E-state index in [0.717, 1.165) is 11.4 Å². The Labute approximate surface area is 127 Å². The zero-order valence-corrected chi connectivity index (χ0v) is 12.5. The smallest absolute Gasteiger partial charge is 0.271 e. The number of halogens is 2. The molecule has 0 saturated carbocycles. The van der Waals surface area contributed by atoms with Crippen LogP contribution >= 0.6 is 23.2 Å². The maximum absolute atomic E-state index is 11.9. The van der Waals surface area contributed by atoms with Gasteiger partial charge in [0.25, 0.3) is 5.91 Å². The number of amides is 1. The molecular formula is C14H13Cl2N3O. The first-order chi connectivity index (χ1) is 9.49. The monoisotopic (exact) mass is 309 g/mol. The minimum atomic E-state index is -0.342. The van der Waals surface area contributed by atoms with Crippen molar-refractivity contribution in [3.05, 3.63) is 57.3 Å². The van der Waals surface area contributed by atoms with Gasteiger partial charge in [0.1, 0.15) is 0 Å². The maximum atomic E-state index is 11.9. The Balaban J connectivity index is 2.05. The summed E-state index contributed by atoms with van der Waals surface area (Å²) in [6, 6.07) is 8.56. The van der Waals surface area contributed by atoms with Crippen LogP contribution in [-0.4, -0.2) is 16.7 Å². The largest absolute Gasteiger partial charge is 0.347 e. The Bertz CT molecular complexity index is 677. The zero-order chi connectivity index (χ0) is 14.7. The van der Waals surface area contributed by atoms with Gasteiger partial charge in [-0.05, 0) is 37.3 Å². The molecule has 1 N–H and O–H groups in total. The molecule has 2 aromatic rings. The number of hydrogen-bond donors (Lipinski definition) is 1.